The maximum absolute atomic E-state index is 13.1. The van der Waals surface area contributed by atoms with Crippen LogP contribution in [0.2, 0.25) is 0 Å². The second kappa shape index (κ2) is 7.18. The van der Waals surface area contributed by atoms with Crippen molar-refractivity contribution < 1.29 is 13.2 Å². The summed E-state index contributed by atoms with van der Waals surface area (Å²) in [6.07, 6.45) is 5.28. The van der Waals surface area contributed by atoms with Gasteiger partial charge < -0.3 is 4.90 Å². The second-order valence-corrected chi connectivity index (χ2v) is 9.94. The molecule has 3 aliphatic rings. The number of carbonyl (C=O) groups excluding carboxylic acids is 1. The van der Waals surface area contributed by atoms with E-state index in [1.165, 1.54) is 16.9 Å². The number of sulfonamides is 1. The minimum absolute atomic E-state index is 0.129. The molecule has 0 bridgehead atoms. The van der Waals surface area contributed by atoms with E-state index in [9.17, 15) is 13.2 Å². The van der Waals surface area contributed by atoms with Crippen molar-refractivity contribution in [1.82, 2.24) is 23.9 Å². The molecule has 4 rings (SSSR count). The molecule has 1 aromatic heterocycles. The summed E-state index contributed by atoms with van der Waals surface area (Å²) in [7, 11) is -1.88. The molecule has 0 spiro atoms. The van der Waals surface area contributed by atoms with Crippen LogP contribution in [0, 0.1) is 12.8 Å². The van der Waals surface area contributed by atoms with Gasteiger partial charge in [-0.3, -0.25) is 14.4 Å². The molecular weight excluding hydrogens is 366 g/mol. The van der Waals surface area contributed by atoms with Crippen molar-refractivity contribution in [3.8, 4) is 0 Å². The van der Waals surface area contributed by atoms with E-state index in [1.54, 1.807) is 18.7 Å². The van der Waals surface area contributed by atoms with Gasteiger partial charge in [0.05, 0.1) is 17.8 Å². The lowest BCUT2D eigenvalue weighted by atomic mass is 9.97. The van der Waals surface area contributed by atoms with E-state index in [-0.39, 0.29) is 23.3 Å². The Balaban J connectivity index is 1.46. The first-order valence-corrected chi connectivity index (χ1v) is 11.3. The van der Waals surface area contributed by atoms with E-state index < -0.39 is 10.0 Å². The van der Waals surface area contributed by atoms with Crippen LogP contribution in [0.3, 0.4) is 0 Å². The average molecular weight is 396 g/mol. The molecule has 0 aliphatic carbocycles. The Morgan fingerprint density at radius 1 is 1.11 bits per heavy atom. The van der Waals surface area contributed by atoms with Crippen molar-refractivity contribution in [3.05, 3.63) is 11.9 Å². The first kappa shape index (κ1) is 18.9. The molecule has 27 heavy (non-hydrogen) atoms. The van der Waals surface area contributed by atoms with Crippen LogP contribution in [0.4, 0.5) is 0 Å². The average Bonchev–Trinajstić information content (AvgIpc) is 3.27. The van der Waals surface area contributed by atoms with Gasteiger partial charge >= 0.3 is 0 Å². The minimum atomic E-state index is -3.61. The molecule has 3 aliphatic heterocycles. The molecule has 3 saturated heterocycles. The van der Waals surface area contributed by atoms with E-state index in [2.05, 4.69) is 10.00 Å². The van der Waals surface area contributed by atoms with Crippen LogP contribution in [0.1, 0.15) is 31.4 Å². The van der Waals surface area contributed by atoms with Crippen molar-refractivity contribution in [3.63, 3.8) is 0 Å². The number of carbonyl (C=O) groups is 1. The molecule has 2 atom stereocenters. The number of aryl methyl sites for hydroxylation is 1. The van der Waals surface area contributed by atoms with E-state index in [4.69, 9.17) is 0 Å². The van der Waals surface area contributed by atoms with Gasteiger partial charge in [0, 0.05) is 45.8 Å². The first-order chi connectivity index (χ1) is 12.9. The third kappa shape index (κ3) is 3.40. The number of aromatic nitrogens is 2. The zero-order valence-electron chi connectivity index (χ0n) is 16.2. The Hall–Kier alpha value is -1.45. The largest absolute Gasteiger partial charge is 0.340 e. The lowest BCUT2D eigenvalue weighted by molar-refractivity contribution is -0.139. The van der Waals surface area contributed by atoms with Crippen LogP contribution in [-0.2, 0) is 21.9 Å². The van der Waals surface area contributed by atoms with Gasteiger partial charge in [-0.2, -0.15) is 9.40 Å². The highest BCUT2D eigenvalue weighted by atomic mass is 32.2. The van der Waals surface area contributed by atoms with Crippen LogP contribution < -0.4 is 0 Å². The van der Waals surface area contributed by atoms with Gasteiger partial charge in [0.15, 0.2) is 0 Å². The first-order valence-electron chi connectivity index (χ1n) is 9.89. The number of hydrogen-bond acceptors (Lipinski definition) is 5. The minimum Gasteiger partial charge on any atom is -0.340 e. The maximum Gasteiger partial charge on any atom is 0.246 e. The Morgan fingerprint density at radius 3 is 2.63 bits per heavy atom. The molecule has 3 fully saturated rings. The van der Waals surface area contributed by atoms with Gasteiger partial charge in [-0.25, -0.2) is 8.42 Å². The normalized spacial score (nSPS) is 27.7. The fourth-order valence-electron chi connectivity index (χ4n) is 4.68. The van der Waals surface area contributed by atoms with Crippen molar-refractivity contribution >= 4 is 15.9 Å². The molecule has 1 amide bonds. The predicted octanol–water partition coefficient (Wildman–Crippen LogP) is 0.436. The summed E-state index contributed by atoms with van der Waals surface area (Å²) in [5, 5.41) is 4.07. The van der Waals surface area contributed by atoms with Crippen molar-refractivity contribution in [2.45, 2.75) is 43.5 Å². The number of piperazine rings is 1. The number of piperidine rings is 1. The van der Waals surface area contributed by atoms with Crippen LogP contribution in [0.25, 0.3) is 0 Å². The summed E-state index contributed by atoms with van der Waals surface area (Å²) in [5.41, 5.74) is 0.626. The Morgan fingerprint density at radius 2 is 1.89 bits per heavy atom. The monoisotopic (exact) mass is 395 g/mol. The number of fused-ring (bicyclic) bond motifs is 1. The SMILES string of the molecule is Cc1c(S(=O)(=O)N2CCC[C@@H](C(=O)N3CCN4CCC[C@@H]4C3)C2)cnn1C. The van der Waals surface area contributed by atoms with Crippen molar-refractivity contribution in [1.29, 1.82) is 0 Å². The summed E-state index contributed by atoms with van der Waals surface area (Å²) in [5.74, 6) is -0.109. The van der Waals surface area contributed by atoms with Gasteiger partial charge in [0.1, 0.15) is 4.90 Å². The Labute approximate surface area is 161 Å². The highest BCUT2D eigenvalue weighted by Gasteiger charge is 2.39. The molecule has 1 aromatic rings. The zero-order chi connectivity index (χ0) is 19.2. The lowest BCUT2D eigenvalue weighted by Crippen LogP contribution is -2.55. The topological polar surface area (TPSA) is 78.8 Å². The molecular formula is C18H29N5O3S. The number of amides is 1. The summed E-state index contributed by atoms with van der Waals surface area (Å²) in [6, 6.07) is 0.490. The molecule has 0 unspecified atom stereocenters. The van der Waals surface area contributed by atoms with Crippen molar-refractivity contribution in [2.24, 2.45) is 13.0 Å². The third-order valence-electron chi connectivity index (χ3n) is 6.44. The van der Waals surface area contributed by atoms with Crippen LogP contribution in [0.5, 0.6) is 0 Å². The van der Waals surface area contributed by atoms with Crippen LogP contribution >= 0.6 is 0 Å². The van der Waals surface area contributed by atoms with E-state index in [0.29, 0.717) is 18.3 Å². The second-order valence-electron chi connectivity index (χ2n) is 8.04. The van der Waals surface area contributed by atoms with Gasteiger partial charge in [-0.05, 0) is 39.2 Å². The van der Waals surface area contributed by atoms with Gasteiger partial charge in [0.2, 0.25) is 15.9 Å². The van der Waals surface area contributed by atoms with Gasteiger partial charge in [-0.1, -0.05) is 0 Å². The van der Waals surface area contributed by atoms with Crippen LogP contribution in [0.15, 0.2) is 11.1 Å². The number of hydrogen-bond donors (Lipinski definition) is 0. The number of nitrogens with zero attached hydrogens (tertiary/aromatic N) is 5. The quantitative estimate of drug-likeness (QED) is 0.742. The van der Waals surface area contributed by atoms with Gasteiger partial charge in [-0.15, -0.1) is 0 Å². The fraction of sp³-hybridized carbons (Fsp3) is 0.778. The standard InChI is InChI=1S/C18H29N5O3S/c1-14-17(11-19-20(14)2)27(25,26)23-8-3-5-15(12-23)18(24)22-10-9-21-7-4-6-16(21)13-22/h11,15-16H,3-10,12-13H2,1-2H3/t15-,16-/m1/s1. The molecule has 0 N–H and O–H groups in total. The van der Waals surface area contributed by atoms with Gasteiger partial charge in [0.25, 0.3) is 0 Å². The van der Waals surface area contributed by atoms with E-state index in [0.717, 1.165) is 45.4 Å². The highest BCUT2D eigenvalue weighted by molar-refractivity contribution is 7.89. The highest BCUT2D eigenvalue weighted by Crippen LogP contribution is 2.28. The van der Waals surface area contributed by atoms with E-state index in [1.807, 2.05) is 4.90 Å². The fourth-order valence-corrected chi connectivity index (χ4v) is 6.39. The molecule has 0 radical (unpaired) electrons. The molecule has 150 valence electrons. The lowest BCUT2D eigenvalue weighted by Gasteiger charge is -2.40. The summed E-state index contributed by atoms with van der Waals surface area (Å²) in [4.78, 5) is 17.8. The molecule has 9 heteroatoms. The zero-order valence-corrected chi connectivity index (χ0v) is 17.0. The molecule has 0 aromatic carbocycles. The number of rotatable bonds is 3. The summed E-state index contributed by atoms with van der Waals surface area (Å²) < 4.78 is 29.2. The third-order valence-corrected chi connectivity index (χ3v) is 8.41. The molecule has 4 heterocycles. The predicted molar refractivity (Wildman–Crippen MR) is 101 cm³/mol. The molecule has 0 saturated carbocycles. The Kier molecular flexibility index (Phi) is 5.02. The van der Waals surface area contributed by atoms with E-state index >= 15 is 0 Å². The summed E-state index contributed by atoms with van der Waals surface area (Å²) in [6.45, 7) is 6.15. The summed E-state index contributed by atoms with van der Waals surface area (Å²) >= 11 is 0. The van der Waals surface area contributed by atoms with Crippen molar-refractivity contribution in [2.75, 3.05) is 39.3 Å². The smallest absolute Gasteiger partial charge is 0.246 e. The Bertz CT molecular complexity index is 821. The van der Waals surface area contributed by atoms with Crippen LogP contribution in [-0.4, -0.2) is 83.5 Å². The maximum atomic E-state index is 13.1. The molecule has 8 nitrogen and oxygen atoms in total.